The molecule has 0 saturated heterocycles. The monoisotopic (exact) mass is 548 g/mol. The van der Waals surface area contributed by atoms with Crippen LogP contribution in [-0.2, 0) is 21.9 Å². The molecule has 2 amide bonds. The van der Waals surface area contributed by atoms with E-state index in [1.54, 1.807) is 41.3 Å². The van der Waals surface area contributed by atoms with Gasteiger partial charge in [0.25, 0.3) is 0 Å². The number of nitrogens with zero attached hydrogens (tertiary/aromatic N) is 1. The van der Waals surface area contributed by atoms with Crippen molar-refractivity contribution in [1.29, 1.82) is 0 Å². The molecule has 2 aromatic carbocycles. The minimum Gasteiger partial charge on any atom is -0.352 e. The van der Waals surface area contributed by atoms with Gasteiger partial charge >= 0.3 is 0 Å². The van der Waals surface area contributed by atoms with Crippen molar-refractivity contribution in [2.45, 2.75) is 58.0 Å². The predicted molar refractivity (Wildman–Crippen MR) is 142 cm³/mol. The normalized spacial score (nSPS) is 12.8. The number of hydrogen-bond acceptors (Lipinski definition) is 3. The molecule has 0 aromatic heterocycles. The van der Waals surface area contributed by atoms with Gasteiger partial charge in [0, 0.05) is 38.4 Å². The van der Waals surface area contributed by atoms with Crippen molar-refractivity contribution in [3.8, 4) is 0 Å². The number of carbonyl (C=O) groups is 2. The van der Waals surface area contributed by atoms with Crippen LogP contribution < -0.4 is 5.32 Å². The summed E-state index contributed by atoms with van der Waals surface area (Å²) in [5.74, 6) is 0.306. The quantitative estimate of drug-likeness (QED) is 0.321. The highest BCUT2D eigenvalue weighted by Gasteiger charge is 2.29. The van der Waals surface area contributed by atoms with Gasteiger partial charge in [0.1, 0.15) is 6.04 Å². The zero-order valence-corrected chi connectivity index (χ0v) is 22.7. The van der Waals surface area contributed by atoms with E-state index in [1.165, 1.54) is 11.8 Å². The molecule has 0 heterocycles. The van der Waals surface area contributed by atoms with E-state index in [0.717, 1.165) is 17.5 Å². The summed E-state index contributed by atoms with van der Waals surface area (Å²) in [6.07, 6.45) is 1.27. The van der Waals surface area contributed by atoms with E-state index in [0.29, 0.717) is 32.3 Å². The summed E-state index contributed by atoms with van der Waals surface area (Å²) >= 11 is 26.3. The van der Waals surface area contributed by atoms with Crippen molar-refractivity contribution in [1.82, 2.24) is 10.2 Å². The van der Waals surface area contributed by atoms with Gasteiger partial charge in [-0.3, -0.25) is 9.59 Å². The van der Waals surface area contributed by atoms with Crippen LogP contribution in [0.4, 0.5) is 0 Å². The number of halogens is 4. The van der Waals surface area contributed by atoms with Crippen LogP contribution in [0.3, 0.4) is 0 Å². The molecule has 0 unspecified atom stereocenters. The molecule has 0 spiro atoms. The maximum absolute atomic E-state index is 13.3. The lowest BCUT2D eigenvalue weighted by molar-refractivity contribution is -0.139. The van der Waals surface area contributed by atoms with E-state index in [9.17, 15) is 9.59 Å². The third kappa shape index (κ3) is 8.25. The smallest absolute Gasteiger partial charge is 0.243 e. The Morgan fingerprint density at radius 3 is 2.24 bits per heavy atom. The third-order valence-corrected chi connectivity index (χ3v) is 7.52. The summed E-state index contributed by atoms with van der Waals surface area (Å²) < 4.78 is 0. The molecule has 0 saturated carbocycles. The number of amides is 2. The fourth-order valence-electron chi connectivity index (χ4n) is 3.19. The van der Waals surface area contributed by atoms with Gasteiger partial charge in [0.15, 0.2) is 0 Å². The molecule has 9 heteroatoms. The SMILES string of the molecule is CC[C@@H](C)NC(=O)[C@H](CC)N(Cc1ccc(Cl)cc1Cl)C(=O)CSCc1c(Cl)cccc1Cl. The van der Waals surface area contributed by atoms with E-state index >= 15 is 0 Å². The zero-order chi connectivity index (χ0) is 24.5. The summed E-state index contributed by atoms with van der Waals surface area (Å²) in [4.78, 5) is 27.9. The van der Waals surface area contributed by atoms with Gasteiger partial charge in [-0.1, -0.05) is 72.4 Å². The van der Waals surface area contributed by atoms with Crippen LogP contribution in [0.25, 0.3) is 0 Å². The average molecular weight is 550 g/mol. The third-order valence-electron chi connectivity index (χ3n) is 5.28. The van der Waals surface area contributed by atoms with Crippen molar-refractivity contribution < 1.29 is 9.59 Å². The number of hydrogen-bond donors (Lipinski definition) is 1. The molecule has 2 rings (SSSR count). The highest BCUT2D eigenvalue weighted by molar-refractivity contribution is 7.99. The van der Waals surface area contributed by atoms with Crippen LogP contribution in [0, 0.1) is 0 Å². The molecule has 33 heavy (non-hydrogen) atoms. The highest BCUT2D eigenvalue weighted by atomic mass is 35.5. The molecule has 0 aliphatic rings. The van der Waals surface area contributed by atoms with Gasteiger partial charge in [-0.15, -0.1) is 11.8 Å². The van der Waals surface area contributed by atoms with Gasteiger partial charge in [0.05, 0.1) is 5.75 Å². The van der Waals surface area contributed by atoms with Crippen molar-refractivity contribution in [2.75, 3.05) is 5.75 Å². The van der Waals surface area contributed by atoms with Gasteiger partial charge in [0.2, 0.25) is 11.8 Å². The molecule has 2 atom stereocenters. The van der Waals surface area contributed by atoms with E-state index in [-0.39, 0.29) is 30.2 Å². The molecule has 2 aromatic rings. The first-order valence-electron chi connectivity index (χ1n) is 10.7. The van der Waals surface area contributed by atoms with Crippen LogP contribution in [0.2, 0.25) is 20.1 Å². The first kappa shape index (κ1) is 28.1. The summed E-state index contributed by atoms with van der Waals surface area (Å²) in [5.41, 5.74) is 1.51. The Morgan fingerprint density at radius 2 is 1.67 bits per heavy atom. The maximum Gasteiger partial charge on any atom is 0.243 e. The Kier molecular flexibility index (Phi) is 11.7. The number of benzene rings is 2. The lowest BCUT2D eigenvalue weighted by Crippen LogP contribution is -2.51. The first-order valence-corrected chi connectivity index (χ1v) is 13.4. The lowest BCUT2D eigenvalue weighted by atomic mass is 10.1. The minimum atomic E-state index is -0.622. The van der Waals surface area contributed by atoms with Crippen LogP contribution >= 0.6 is 58.2 Å². The Balaban J connectivity index is 2.22. The fourth-order valence-corrected chi connectivity index (χ4v) is 5.30. The molecule has 180 valence electrons. The first-order chi connectivity index (χ1) is 15.7. The Labute approximate surface area is 220 Å². The second-order valence-corrected chi connectivity index (χ2v) is 10.3. The number of rotatable bonds is 11. The van der Waals surface area contributed by atoms with Crippen LogP contribution in [0.5, 0.6) is 0 Å². The maximum atomic E-state index is 13.3. The average Bonchev–Trinajstić information content (AvgIpc) is 2.76. The zero-order valence-electron chi connectivity index (χ0n) is 18.8. The Morgan fingerprint density at radius 1 is 1.00 bits per heavy atom. The van der Waals surface area contributed by atoms with Crippen LogP contribution in [0.15, 0.2) is 36.4 Å². The molecule has 0 aliphatic heterocycles. The molecule has 0 bridgehead atoms. The highest BCUT2D eigenvalue weighted by Crippen LogP contribution is 2.29. The summed E-state index contributed by atoms with van der Waals surface area (Å²) in [6, 6.07) is 9.85. The Hall–Kier alpha value is -1.11. The molecule has 0 radical (unpaired) electrons. The largest absolute Gasteiger partial charge is 0.352 e. The van der Waals surface area contributed by atoms with Gasteiger partial charge in [-0.2, -0.15) is 0 Å². The molecule has 4 nitrogen and oxygen atoms in total. The second-order valence-electron chi connectivity index (χ2n) is 7.69. The second kappa shape index (κ2) is 13.7. The van der Waals surface area contributed by atoms with Gasteiger partial charge in [-0.25, -0.2) is 0 Å². The molecule has 0 aliphatic carbocycles. The lowest BCUT2D eigenvalue weighted by Gasteiger charge is -2.31. The summed E-state index contributed by atoms with van der Waals surface area (Å²) in [5, 5.41) is 5.08. The molecule has 0 fully saturated rings. The fraction of sp³-hybridized carbons (Fsp3) is 0.417. The van der Waals surface area contributed by atoms with Crippen molar-refractivity contribution in [3.63, 3.8) is 0 Å². The minimum absolute atomic E-state index is 0.0133. The summed E-state index contributed by atoms with van der Waals surface area (Å²) in [6.45, 7) is 6.03. The number of nitrogens with one attached hydrogen (secondary N) is 1. The van der Waals surface area contributed by atoms with Crippen molar-refractivity contribution in [3.05, 3.63) is 67.6 Å². The molecule has 1 N–H and O–H groups in total. The van der Waals surface area contributed by atoms with E-state index < -0.39 is 6.04 Å². The molecular formula is C24H28Cl4N2O2S. The number of carbonyl (C=O) groups excluding carboxylic acids is 2. The van der Waals surface area contributed by atoms with E-state index in [4.69, 9.17) is 46.4 Å². The molecular weight excluding hydrogens is 522 g/mol. The Bertz CT molecular complexity index is 953. The van der Waals surface area contributed by atoms with Gasteiger partial charge in [-0.05, 0) is 55.2 Å². The van der Waals surface area contributed by atoms with E-state index in [1.807, 2.05) is 20.8 Å². The standard InChI is InChI=1S/C24H28Cl4N2O2S/c1-4-15(3)29-24(32)22(5-2)30(12-16-9-10-17(25)11-21(16)28)23(31)14-33-13-18-19(26)7-6-8-20(18)27/h6-11,15,22H,4-5,12-14H2,1-3H3,(H,29,32)/t15-,22+/m1/s1. The summed E-state index contributed by atoms with van der Waals surface area (Å²) in [7, 11) is 0. The van der Waals surface area contributed by atoms with Crippen molar-refractivity contribution in [2.24, 2.45) is 0 Å². The van der Waals surface area contributed by atoms with Gasteiger partial charge < -0.3 is 10.2 Å². The number of thioether (sulfide) groups is 1. The predicted octanol–water partition coefficient (Wildman–Crippen LogP) is 7.26. The van der Waals surface area contributed by atoms with Crippen LogP contribution in [0.1, 0.15) is 44.7 Å². The van der Waals surface area contributed by atoms with Crippen molar-refractivity contribution >= 4 is 70.0 Å². The van der Waals surface area contributed by atoms with Crippen LogP contribution in [-0.4, -0.2) is 34.6 Å². The van der Waals surface area contributed by atoms with E-state index in [2.05, 4.69) is 5.32 Å². The topological polar surface area (TPSA) is 49.4 Å².